The van der Waals surface area contributed by atoms with Crippen molar-refractivity contribution in [2.24, 2.45) is 0 Å². The largest absolute Gasteiger partial charge is 0.354 e. The molecular formula is C11H17FN2. The molecule has 0 aliphatic heterocycles. The lowest BCUT2D eigenvalue weighted by molar-refractivity contribution is 0.569. The standard InChI is InChI=1S/C11H17FN2/c1-4-9(3)14(5-2)11-8-6-7-10(12)13-11/h6-9H,4-5H2,1-3H3. The van der Waals surface area contributed by atoms with Gasteiger partial charge in [0.25, 0.3) is 0 Å². The van der Waals surface area contributed by atoms with E-state index in [1.54, 1.807) is 6.07 Å². The SMILES string of the molecule is CCC(C)N(CC)c1cccc(F)n1. The van der Waals surface area contributed by atoms with Crippen LogP contribution in [0, 0.1) is 5.95 Å². The van der Waals surface area contributed by atoms with Gasteiger partial charge in [0.05, 0.1) is 0 Å². The van der Waals surface area contributed by atoms with Gasteiger partial charge in [0, 0.05) is 12.6 Å². The van der Waals surface area contributed by atoms with Gasteiger partial charge < -0.3 is 4.90 Å². The van der Waals surface area contributed by atoms with Crippen molar-refractivity contribution in [2.75, 3.05) is 11.4 Å². The van der Waals surface area contributed by atoms with Crippen LogP contribution in [0.3, 0.4) is 0 Å². The van der Waals surface area contributed by atoms with E-state index in [0.29, 0.717) is 6.04 Å². The summed E-state index contributed by atoms with van der Waals surface area (Å²) in [6.07, 6.45) is 1.03. The molecule has 0 aliphatic carbocycles. The molecule has 0 aromatic carbocycles. The zero-order valence-electron chi connectivity index (χ0n) is 9.00. The van der Waals surface area contributed by atoms with Gasteiger partial charge in [-0.15, -0.1) is 0 Å². The van der Waals surface area contributed by atoms with Gasteiger partial charge in [-0.3, -0.25) is 0 Å². The summed E-state index contributed by atoms with van der Waals surface area (Å²) in [7, 11) is 0. The third-order valence-corrected chi connectivity index (χ3v) is 2.46. The highest BCUT2D eigenvalue weighted by Gasteiger charge is 2.12. The summed E-state index contributed by atoms with van der Waals surface area (Å²) >= 11 is 0. The van der Waals surface area contributed by atoms with Crippen molar-refractivity contribution in [3.8, 4) is 0 Å². The molecule has 0 fully saturated rings. The Kier molecular flexibility index (Phi) is 3.86. The first-order valence-electron chi connectivity index (χ1n) is 5.08. The second-order valence-electron chi connectivity index (χ2n) is 3.36. The maximum absolute atomic E-state index is 12.9. The molecule has 0 amide bonds. The van der Waals surface area contributed by atoms with Gasteiger partial charge >= 0.3 is 0 Å². The Morgan fingerprint density at radius 2 is 2.14 bits per heavy atom. The van der Waals surface area contributed by atoms with Crippen molar-refractivity contribution in [3.05, 3.63) is 24.1 Å². The van der Waals surface area contributed by atoms with Crippen LogP contribution in [0.25, 0.3) is 0 Å². The molecule has 0 aliphatic rings. The van der Waals surface area contributed by atoms with Crippen LogP contribution in [-0.2, 0) is 0 Å². The fraction of sp³-hybridized carbons (Fsp3) is 0.545. The first-order valence-corrected chi connectivity index (χ1v) is 5.08. The summed E-state index contributed by atoms with van der Waals surface area (Å²) in [4.78, 5) is 5.97. The number of aromatic nitrogens is 1. The molecular weight excluding hydrogens is 179 g/mol. The van der Waals surface area contributed by atoms with Gasteiger partial charge in [-0.2, -0.15) is 4.39 Å². The lowest BCUT2D eigenvalue weighted by Crippen LogP contribution is -2.33. The smallest absolute Gasteiger partial charge is 0.214 e. The van der Waals surface area contributed by atoms with Crippen LogP contribution in [0.5, 0.6) is 0 Å². The van der Waals surface area contributed by atoms with Gasteiger partial charge in [0.2, 0.25) is 5.95 Å². The maximum Gasteiger partial charge on any atom is 0.214 e. The first kappa shape index (κ1) is 11.0. The van der Waals surface area contributed by atoms with E-state index in [-0.39, 0.29) is 0 Å². The van der Waals surface area contributed by atoms with E-state index < -0.39 is 5.95 Å². The molecule has 14 heavy (non-hydrogen) atoms. The summed E-state index contributed by atoms with van der Waals surface area (Å²) in [6.45, 7) is 7.15. The third kappa shape index (κ3) is 2.44. The Hall–Kier alpha value is -1.12. The van der Waals surface area contributed by atoms with Gasteiger partial charge in [0.15, 0.2) is 0 Å². The van der Waals surface area contributed by atoms with Crippen LogP contribution >= 0.6 is 0 Å². The van der Waals surface area contributed by atoms with Crippen LogP contribution in [0.15, 0.2) is 18.2 Å². The Bertz CT molecular complexity index is 288. The number of rotatable bonds is 4. The molecule has 3 heteroatoms. The van der Waals surface area contributed by atoms with Gasteiger partial charge in [-0.25, -0.2) is 4.98 Å². The molecule has 0 radical (unpaired) electrons. The van der Waals surface area contributed by atoms with Crippen molar-refractivity contribution in [1.82, 2.24) is 4.98 Å². The van der Waals surface area contributed by atoms with Crippen molar-refractivity contribution >= 4 is 5.82 Å². The lowest BCUT2D eigenvalue weighted by Gasteiger charge is -2.28. The molecule has 1 aromatic heterocycles. The van der Waals surface area contributed by atoms with Crippen LogP contribution < -0.4 is 4.90 Å². The number of pyridine rings is 1. The zero-order chi connectivity index (χ0) is 10.6. The molecule has 1 aromatic rings. The monoisotopic (exact) mass is 196 g/mol. The summed E-state index contributed by atoms with van der Waals surface area (Å²) < 4.78 is 12.9. The quantitative estimate of drug-likeness (QED) is 0.688. The summed E-state index contributed by atoms with van der Waals surface area (Å²) in [5.41, 5.74) is 0. The molecule has 0 N–H and O–H groups in total. The van der Waals surface area contributed by atoms with Gasteiger partial charge in [0.1, 0.15) is 5.82 Å². The molecule has 0 spiro atoms. The van der Waals surface area contributed by atoms with E-state index >= 15 is 0 Å². The van der Waals surface area contributed by atoms with E-state index in [1.807, 2.05) is 6.07 Å². The number of nitrogens with zero attached hydrogens (tertiary/aromatic N) is 2. The van der Waals surface area contributed by atoms with E-state index in [9.17, 15) is 4.39 Å². The fourth-order valence-electron chi connectivity index (χ4n) is 1.48. The lowest BCUT2D eigenvalue weighted by atomic mass is 10.2. The molecule has 78 valence electrons. The summed E-state index contributed by atoms with van der Waals surface area (Å²) in [5, 5.41) is 0. The minimum absolute atomic E-state index is 0.397. The third-order valence-electron chi connectivity index (χ3n) is 2.46. The number of hydrogen-bond acceptors (Lipinski definition) is 2. The molecule has 0 bridgehead atoms. The highest BCUT2D eigenvalue weighted by molar-refractivity contribution is 5.38. The number of anilines is 1. The second kappa shape index (κ2) is 4.94. The second-order valence-corrected chi connectivity index (χ2v) is 3.36. The average Bonchev–Trinajstić information content (AvgIpc) is 2.19. The predicted molar refractivity (Wildman–Crippen MR) is 57.0 cm³/mol. The molecule has 0 saturated heterocycles. The van der Waals surface area contributed by atoms with Crippen LogP contribution in [-0.4, -0.2) is 17.6 Å². The molecule has 1 atom stereocenters. The molecule has 1 heterocycles. The zero-order valence-corrected chi connectivity index (χ0v) is 9.00. The summed E-state index contributed by atoms with van der Waals surface area (Å²) in [6, 6.07) is 5.31. The number of hydrogen-bond donors (Lipinski definition) is 0. The summed E-state index contributed by atoms with van der Waals surface area (Å²) in [5.74, 6) is 0.311. The fourth-order valence-corrected chi connectivity index (χ4v) is 1.48. The maximum atomic E-state index is 12.9. The van der Waals surface area contributed by atoms with Crippen molar-refractivity contribution in [1.29, 1.82) is 0 Å². The van der Waals surface area contributed by atoms with Crippen LogP contribution in [0.2, 0.25) is 0 Å². The topological polar surface area (TPSA) is 16.1 Å². The van der Waals surface area contributed by atoms with Crippen molar-refractivity contribution in [3.63, 3.8) is 0 Å². The highest BCUT2D eigenvalue weighted by Crippen LogP contribution is 2.15. The average molecular weight is 196 g/mol. The minimum atomic E-state index is -0.413. The first-order chi connectivity index (χ1) is 6.69. The van der Waals surface area contributed by atoms with Crippen molar-refractivity contribution in [2.45, 2.75) is 33.2 Å². The predicted octanol–water partition coefficient (Wildman–Crippen LogP) is 2.85. The Morgan fingerprint density at radius 1 is 1.43 bits per heavy atom. The normalized spacial score (nSPS) is 12.6. The van der Waals surface area contributed by atoms with Crippen LogP contribution in [0.4, 0.5) is 10.2 Å². The molecule has 1 rings (SSSR count). The van der Waals surface area contributed by atoms with E-state index in [2.05, 4.69) is 30.7 Å². The Labute approximate surface area is 84.8 Å². The van der Waals surface area contributed by atoms with E-state index in [4.69, 9.17) is 0 Å². The molecule has 0 saturated carbocycles. The molecule has 1 unspecified atom stereocenters. The minimum Gasteiger partial charge on any atom is -0.354 e. The van der Waals surface area contributed by atoms with Crippen molar-refractivity contribution < 1.29 is 4.39 Å². The van der Waals surface area contributed by atoms with Gasteiger partial charge in [-0.1, -0.05) is 13.0 Å². The number of halogens is 1. The highest BCUT2D eigenvalue weighted by atomic mass is 19.1. The molecule has 2 nitrogen and oxygen atoms in total. The van der Waals surface area contributed by atoms with E-state index in [0.717, 1.165) is 18.8 Å². The van der Waals surface area contributed by atoms with E-state index in [1.165, 1.54) is 6.07 Å². The van der Waals surface area contributed by atoms with Crippen LogP contribution in [0.1, 0.15) is 27.2 Å². The Balaban J connectivity index is 2.89. The van der Waals surface area contributed by atoms with Gasteiger partial charge in [-0.05, 0) is 32.4 Å². The Morgan fingerprint density at radius 3 is 2.64 bits per heavy atom.